The van der Waals surface area contributed by atoms with Crippen LogP contribution in [-0.4, -0.2) is 18.9 Å². The Hall–Kier alpha value is -1.87. The lowest BCUT2D eigenvalue weighted by Gasteiger charge is -2.16. The van der Waals surface area contributed by atoms with Crippen molar-refractivity contribution in [3.05, 3.63) is 57.3 Å². The fraction of sp³-hybridized carbons (Fsp3) is 0.350. The molecule has 0 amide bonds. The number of ether oxygens (including phenoxy) is 1. The van der Waals surface area contributed by atoms with Crippen molar-refractivity contribution in [1.82, 2.24) is 0 Å². The largest absolute Gasteiger partial charge is 0.494 e. The van der Waals surface area contributed by atoms with Crippen molar-refractivity contribution < 1.29 is 4.74 Å². The Morgan fingerprint density at radius 1 is 1.26 bits per heavy atom. The monoisotopic (exact) mass is 325 g/mol. The zero-order chi connectivity index (χ0) is 16.1. The Kier molecular flexibility index (Phi) is 5.29. The van der Waals surface area contributed by atoms with Gasteiger partial charge < -0.3 is 4.74 Å². The van der Waals surface area contributed by atoms with Crippen molar-refractivity contribution in [2.24, 2.45) is 4.99 Å². The van der Waals surface area contributed by atoms with Crippen molar-refractivity contribution in [2.45, 2.75) is 33.1 Å². The van der Waals surface area contributed by atoms with Gasteiger partial charge in [0, 0.05) is 17.0 Å². The second-order valence-electron chi connectivity index (χ2n) is 5.84. The summed E-state index contributed by atoms with van der Waals surface area (Å²) in [6.07, 6.45) is 7.59. The van der Waals surface area contributed by atoms with Crippen molar-refractivity contribution in [1.29, 1.82) is 0 Å². The molecular weight excluding hydrogens is 302 g/mol. The van der Waals surface area contributed by atoms with Crippen LogP contribution < -0.4 is 4.74 Å². The summed E-state index contributed by atoms with van der Waals surface area (Å²) >= 11 is 1.77. The highest BCUT2D eigenvalue weighted by molar-refractivity contribution is 7.11. The van der Waals surface area contributed by atoms with E-state index >= 15 is 0 Å². The summed E-state index contributed by atoms with van der Waals surface area (Å²) < 4.78 is 5.83. The molecule has 3 heteroatoms. The maximum Gasteiger partial charge on any atom is 0.119 e. The number of allylic oxidation sites excluding steroid dienone is 1. The van der Waals surface area contributed by atoms with Crippen LogP contribution >= 0.6 is 11.3 Å². The van der Waals surface area contributed by atoms with Crippen LogP contribution in [0.4, 0.5) is 0 Å². The third kappa shape index (κ3) is 3.91. The first-order valence-corrected chi connectivity index (χ1v) is 9.18. The van der Waals surface area contributed by atoms with E-state index in [1.165, 1.54) is 21.6 Å². The van der Waals surface area contributed by atoms with Gasteiger partial charge in [0.25, 0.3) is 0 Å². The number of rotatable bonds is 6. The van der Waals surface area contributed by atoms with Crippen LogP contribution in [0.15, 0.2) is 40.7 Å². The van der Waals surface area contributed by atoms with Gasteiger partial charge in [0.15, 0.2) is 0 Å². The lowest BCUT2D eigenvalue weighted by atomic mass is 9.97. The molecule has 0 unspecified atom stereocenters. The summed E-state index contributed by atoms with van der Waals surface area (Å²) in [4.78, 5) is 6.00. The fourth-order valence-electron chi connectivity index (χ4n) is 2.69. The lowest BCUT2D eigenvalue weighted by molar-refractivity contribution is 0.309. The number of aliphatic imine (C=N–C) groups is 1. The molecule has 120 valence electrons. The molecular formula is C20H23NOS. The van der Waals surface area contributed by atoms with E-state index in [9.17, 15) is 0 Å². The lowest BCUT2D eigenvalue weighted by Crippen LogP contribution is -2.11. The van der Waals surface area contributed by atoms with E-state index < -0.39 is 0 Å². The van der Waals surface area contributed by atoms with Gasteiger partial charge in [-0.2, -0.15) is 0 Å². The molecule has 0 N–H and O–H groups in total. The molecule has 0 aliphatic carbocycles. The van der Waals surface area contributed by atoms with Crippen LogP contribution in [0.1, 0.15) is 41.3 Å². The fourth-order valence-corrected chi connectivity index (χ4v) is 3.50. The van der Waals surface area contributed by atoms with Crippen molar-refractivity contribution in [3.63, 3.8) is 0 Å². The molecule has 1 aliphatic heterocycles. The van der Waals surface area contributed by atoms with E-state index in [0.29, 0.717) is 0 Å². The smallest absolute Gasteiger partial charge is 0.119 e. The zero-order valence-corrected chi connectivity index (χ0v) is 14.7. The third-order valence-electron chi connectivity index (χ3n) is 4.08. The maximum absolute atomic E-state index is 5.83. The van der Waals surface area contributed by atoms with Gasteiger partial charge in [0.2, 0.25) is 0 Å². The number of nitrogens with zero attached hydrogens (tertiary/aromatic N) is 1. The first-order valence-electron chi connectivity index (χ1n) is 8.30. The van der Waals surface area contributed by atoms with Gasteiger partial charge >= 0.3 is 0 Å². The molecule has 0 saturated carbocycles. The zero-order valence-electron chi connectivity index (χ0n) is 13.8. The summed E-state index contributed by atoms with van der Waals surface area (Å²) in [6.45, 7) is 5.98. The van der Waals surface area contributed by atoms with Gasteiger partial charge in [-0.05, 0) is 72.7 Å². The number of hydrogen-bond donors (Lipinski definition) is 0. The molecule has 3 rings (SSSR count). The predicted octanol–water partition coefficient (Wildman–Crippen LogP) is 5.29. The normalized spacial score (nSPS) is 13.9. The first-order chi connectivity index (χ1) is 11.3. The van der Waals surface area contributed by atoms with E-state index in [1.54, 1.807) is 11.3 Å². The van der Waals surface area contributed by atoms with E-state index in [-0.39, 0.29) is 0 Å². The topological polar surface area (TPSA) is 21.6 Å². The Balaban J connectivity index is 1.77. The minimum atomic E-state index is 0.799. The number of thiophene rings is 1. The van der Waals surface area contributed by atoms with Gasteiger partial charge in [-0.25, -0.2) is 0 Å². The first kappa shape index (κ1) is 16.0. The predicted molar refractivity (Wildman–Crippen MR) is 100 cm³/mol. The standard InChI is InChI=1S/C20H23NOS/c1-3-4-12-22-17-5-6-18-16(14-17)9-11-21-19(18)7-8-20-15(2)10-13-23-20/h5-8,10,13-14H,3-4,9,11-12H2,1-2H3/b8-7+. The number of hydrogen-bond acceptors (Lipinski definition) is 3. The van der Waals surface area contributed by atoms with E-state index in [2.05, 4.69) is 55.6 Å². The Bertz CT molecular complexity index is 727. The van der Waals surface area contributed by atoms with Gasteiger partial charge in [0.1, 0.15) is 5.75 Å². The molecule has 0 bridgehead atoms. The van der Waals surface area contributed by atoms with Crippen LogP contribution in [0, 0.1) is 6.92 Å². The maximum atomic E-state index is 5.83. The second-order valence-corrected chi connectivity index (χ2v) is 6.79. The highest BCUT2D eigenvalue weighted by Crippen LogP contribution is 2.24. The molecule has 0 saturated heterocycles. The second kappa shape index (κ2) is 7.60. The average molecular weight is 325 g/mol. The molecule has 2 nitrogen and oxygen atoms in total. The van der Waals surface area contributed by atoms with Crippen LogP contribution in [-0.2, 0) is 6.42 Å². The van der Waals surface area contributed by atoms with Crippen LogP contribution in [0.3, 0.4) is 0 Å². The van der Waals surface area contributed by atoms with Gasteiger partial charge in [-0.3, -0.25) is 4.99 Å². The summed E-state index contributed by atoms with van der Waals surface area (Å²) in [5, 5.41) is 2.13. The highest BCUT2D eigenvalue weighted by atomic mass is 32.1. The van der Waals surface area contributed by atoms with Gasteiger partial charge in [-0.1, -0.05) is 13.3 Å². The van der Waals surface area contributed by atoms with Crippen LogP contribution in [0.25, 0.3) is 6.08 Å². The summed E-state index contributed by atoms with van der Waals surface area (Å²) in [7, 11) is 0. The minimum absolute atomic E-state index is 0.799. The molecule has 2 heterocycles. The molecule has 1 aliphatic rings. The Morgan fingerprint density at radius 2 is 2.17 bits per heavy atom. The third-order valence-corrected chi connectivity index (χ3v) is 5.06. The van der Waals surface area contributed by atoms with E-state index in [1.807, 2.05) is 0 Å². The average Bonchev–Trinajstić information content (AvgIpc) is 2.98. The summed E-state index contributed by atoms with van der Waals surface area (Å²) in [6, 6.07) is 8.56. The SMILES string of the molecule is CCCCOc1ccc2c(c1)CCN=C2/C=C/c1sccc1C. The molecule has 0 spiro atoms. The Labute approximate surface area is 142 Å². The number of benzene rings is 1. The molecule has 0 atom stereocenters. The van der Waals surface area contributed by atoms with E-state index in [4.69, 9.17) is 9.73 Å². The molecule has 23 heavy (non-hydrogen) atoms. The quantitative estimate of drug-likeness (QED) is 0.661. The van der Waals surface area contributed by atoms with Crippen molar-refractivity contribution in [2.75, 3.05) is 13.2 Å². The number of aryl methyl sites for hydroxylation is 1. The van der Waals surface area contributed by atoms with E-state index in [0.717, 1.165) is 43.9 Å². The van der Waals surface area contributed by atoms with Gasteiger partial charge in [-0.15, -0.1) is 11.3 Å². The van der Waals surface area contributed by atoms with Crippen LogP contribution in [0.5, 0.6) is 5.75 Å². The van der Waals surface area contributed by atoms with Crippen molar-refractivity contribution >= 4 is 23.1 Å². The van der Waals surface area contributed by atoms with Gasteiger partial charge in [0.05, 0.1) is 12.3 Å². The molecule has 0 fully saturated rings. The number of unbranched alkanes of at least 4 members (excludes halogenated alkanes) is 1. The summed E-state index contributed by atoms with van der Waals surface area (Å²) in [5.74, 6) is 0.983. The Morgan fingerprint density at radius 3 is 2.96 bits per heavy atom. The highest BCUT2D eigenvalue weighted by Gasteiger charge is 2.13. The van der Waals surface area contributed by atoms with Crippen LogP contribution in [0.2, 0.25) is 0 Å². The molecule has 1 aromatic heterocycles. The molecule has 1 aromatic carbocycles. The molecule has 2 aromatic rings. The van der Waals surface area contributed by atoms with Crippen molar-refractivity contribution in [3.8, 4) is 5.75 Å². The molecule has 0 radical (unpaired) electrons. The number of fused-ring (bicyclic) bond motifs is 1. The summed E-state index contributed by atoms with van der Waals surface area (Å²) in [5.41, 5.74) is 4.99. The minimum Gasteiger partial charge on any atom is -0.494 e.